The quantitative estimate of drug-likeness (QED) is 0.347. The third-order valence-corrected chi connectivity index (χ3v) is 8.36. The molecule has 0 fully saturated rings. The first-order valence-corrected chi connectivity index (χ1v) is 14.8. The summed E-state index contributed by atoms with van der Waals surface area (Å²) in [6.07, 6.45) is 1.46. The van der Waals surface area contributed by atoms with Gasteiger partial charge in [0.15, 0.2) is 11.8 Å². The van der Waals surface area contributed by atoms with Crippen molar-refractivity contribution in [2.75, 3.05) is 13.2 Å². The van der Waals surface area contributed by atoms with Gasteiger partial charge in [0.25, 0.3) is 0 Å². The van der Waals surface area contributed by atoms with E-state index in [0.717, 1.165) is 24.6 Å². The van der Waals surface area contributed by atoms with Crippen LogP contribution in [0.1, 0.15) is 91.5 Å². The molecule has 4 rings (SSSR count). The summed E-state index contributed by atoms with van der Waals surface area (Å²) in [5.41, 5.74) is 4.77. The average Bonchev–Trinajstić information content (AvgIpc) is 3.54. The van der Waals surface area contributed by atoms with Gasteiger partial charge in [-0.05, 0) is 57.8 Å². The van der Waals surface area contributed by atoms with Gasteiger partial charge in [0.05, 0.1) is 12.1 Å². The van der Waals surface area contributed by atoms with Crippen molar-refractivity contribution in [1.29, 1.82) is 0 Å². The fraction of sp³-hybridized carbons (Fsp3) is 0.600. The third-order valence-electron chi connectivity index (χ3n) is 8.36. The van der Waals surface area contributed by atoms with Crippen LogP contribution in [-0.2, 0) is 33.1 Å². The first-order valence-electron chi connectivity index (χ1n) is 14.8. The van der Waals surface area contributed by atoms with Crippen LogP contribution in [0.4, 0.5) is 0 Å². The van der Waals surface area contributed by atoms with Crippen LogP contribution in [0.2, 0.25) is 0 Å². The second-order valence-electron chi connectivity index (χ2n) is 14.4. The second-order valence-corrected chi connectivity index (χ2v) is 14.4. The van der Waals surface area contributed by atoms with Gasteiger partial charge in [-0.1, -0.05) is 118 Å². The van der Waals surface area contributed by atoms with Crippen molar-refractivity contribution in [3.8, 4) is 0 Å². The van der Waals surface area contributed by atoms with Crippen LogP contribution >= 0.6 is 0 Å². The molecular formula is C35H50N2O2. The van der Waals surface area contributed by atoms with E-state index in [1.165, 1.54) is 22.3 Å². The minimum absolute atomic E-state index is 0.108. The maximum Gasteiger partial charge on any atom is 0.200 e. The predicted octanol–water partition coefficient (Wildman–Crippen LogP) is 7.96. The molecule has 2 aromatic carbocycles. The third kappa shape index (κ3) is 6.58. The van der Waals surface area contributed by atoms with Crippen LogP contribution in [0.3, 0.4) is 0 Å². The van der Waals surface area contributed by atoms with Crippen molar-refractivity contribution in [1.82, 2.24) is 0 Å². The summed E-state index contributed by atoms with van der Waals surface area (Å²) in [5.74, 6) is 2.38. The van der Waals surface area contributed by atoms with Crippen molar-refractivity contribution in [2.45, 2.75) is 105 Å². The first kappa shape index (κ1) is 29.4. The highest BCUT2D eigenvalue weighted by molar-refractivity contribution is 6.07. The number of hydrogen-bond acceptors (Lipinski definition) is 4. The van der Waals surface area contributed by atoms with Crippen molar-refractivity contribution in [2.24, 2.45) is 27.2 Å². The summed E-state index contributed by atoms with van der Waals surface area (Å²) in [5, 5.41) is 0. The highest BCUT2D eigenvalue weighted by Gasteiger charge is 2.49. The first-order chi connectivity index (χ1) is 18.2. The SMILES string of the molecule is CC(C)[C@@H]1COC(C(Cc2ccc(C(C)(C)C)cc2)(Cc2ccc(C(C)(C)C)cc2)C2=N[C@H](C(C)C)CO2)=N1. The predicted molar refractivity (Wildman–Crippen MR) is 164 cm³/mol. The molecule has 0 radical (unpaired) electrons. The molecule has 4 heteroatoms. The highest BCUT2D eigenvalue weighted by atomic mass is 16.5. The molecule has 0 saturated carbocycles. The van der Waals surface area contributed by atoms with Crippen LogP contribution in [0, 0.1) is 17.3 Å². The molecule has 0 unspecified atom stereocenters. The lowest BCUT2D eigenvalue weighted by atomic mass is 9.74. The van der Waals surface area contributed by atoms with Crippen molar-refractivity contribution < 1.29 is 9.47 Å². The number of rotatable bonds is 8. The lowest BCUT2D eigenvalue weighted by molar-refractivity contribution is 0.237. The van der Waals surface area contributed by atoms with Crippen molar-refractivity contribution >= 4 is 11.8 Å². The van der Waals surface area contributed by atoms with E-state index < -0.39 is 5.41 Å². The lowest BCUT2D eigenvalue weighted by Gasteiger charge is -2.33. The Morgan fingerprint density at radius 2 is 0.949 bits per heavy atom. The van der Waals surface area contributed by atoms with E-state index >= 15 is 0 Å². The van der Waals surface area contributed by atoms with Crippen LogP contribution in [0.15, 0.2) is 58.5 Å². The second kappa shape index (κ2) is 11.1. The molecule has 0 aliphatic carbocycles. The highest BCUT2D eigenvalue weighted by Crippen LogP contribution is 2.39. The molecule has 0 spiro atoms. The molecule has 2 aliphatic rings. The van der Waals surface area contributed by atoms with Crippen LogP contribution in [0.5, 0.6) is 0 Å². The summed E-state index contributed by atoms with van der Waals surface area (Å²) in [7, 11) is 0. The zero-order chi connectivity index (χ0) is 28.6. The summed E-state index contributed by atoms with van der Waals surface area (Å²) < 4.78 is 13.0. The summed E-state index contributed by atoms with van der Waals surface area (Å²) >= 11 is 0. The Balaban J connectivity index is 1.83. The zero-order valence-corrected chi connectivity index (χ0v) is 26.0. The fourth-order valence-electron chi connectivity index (χ4n) is 5.38. The molecule has 2 aliphatic heterocycles. The Kier molecular flexibility index (Phi) is 8.36. The summed E-state index contributed by atoms with van der Waals surface area (Å²) in [6, 6.07) is 18.4. The number of ether oxygens (including phenoxy) is 2. The van der Waals surface area contributed by atoms with Gasteiger partial charge in [-0.2, -0.15) is 0 Å². The van der Waals surface area contributed by atoms with Gasteiger partial charge >= 0.3 is 0 Å². The average molecular weight is 531 g/mol. The van der Waals surface area contributed by atoms with E-state index in [4.69, 9.17) is 19.5 Å². The molecule has 2 atom stereocenters. The largest absolute Gasteiger partial charge is 0.478 e. The molecule has 0 amide bonds. The van der Waals surface area contributed by atoms with Crippen molar-refractivity contribution in [3.05, 3.63) is 70.8 Å². The number of hydrogen-bond donors (Lipinski definition) is 0. The van der Waals surface area contributed by atoms with E-state index in [-0.39, 0.29) is 22.9 Å². The van der Waals surface area contributed by atoms with Gasteiger partial charge < -0.3 is 9.47 Å². The zero-order valence-electron chi connectivity index (χ0n) is 26.0. The summed E-state index contributed by atoms with van der Waals surface area (Å²) in [6.45, 7) is 23.6. The smallest absolute Gasteiger partial charge is 0.200 e. The maximum atomic E-state index is 6.49. The maximum absolute atomic E-state index is 6.49. The van der Waals surface area contributed by atoms with Crippen LogP contribution in [0.25, 0.3) is 0 Å². The van der Waals surface area contributed by atoms with Gasteiger partial charge in [0, 0.05) is 0 Å². The molecule has 0 saturated heterocycles. The molecule has 4 nitrogen and oxygen atoms in total. The van der Waals surface area contributed by atoms with E-state index in [0.29, 0.717) is 25.0 Å². The molecule has 2 heterocycles. The number of nitrogens with zero attached hydrogens (tertiary/aromatic N) is 2. The molecule has 212 valence electrons. The van der Waals surface area contributed by atoms with Crippen molar-refractivity contribution in [3.63, 3.8) is 0 Å². The minimum atomic E-state index is -0.597. The van der Waals surface area contributed by atoms with E-state index in [2.05, 4.69) is 118 Å². The van der Waals surface area contributed by atoms with E-state index in [1.807, 2.05) is 0 Å². The number of aliphatic imine (C=N–C) groups is 2. The Labute approximate surface area is 237 Å². The minimum Gasteiger partial charge on any atom is -0.478 e. The Morgan fingerprint density at radius 3 is 1.21 bits per heavy atom. The number of benzene rings is 2. The summed E-state index contributed by atoms with van der Waals surface area (Å²) in [4.78, 5) is 10.4. The molecular weight excluding hydrogens is 480 g/mol. The topological polar surface area (TPSA) is 43.2 Å². The van der Waals surface area contributed by atoms with E-state index in [1.54, 1.807) is 0 Å². The molecule has 39 heavy (non-hydrogen) atoms. The lowest BCUT2D eigenvalue weighted by Crippen LogP contribution is -2.44. The normalized spacial score (nSPS) is 20.2. The van der Waals surface area contributed by atoms with Crippen LogP contribution in [-0.4, -0.2) is 37.1 Å². The fourth-order valence-corrected chi connectivity index (χ4v) is 5.38. The molecule has 0 N–H and O–H groups in total. The van der Waals surface area contributed by atoms with Gasteiger partial charge in [-0.3, -0.25) is 0 Å². The van der Waals surface area contributed by atoms with Gasteiger partial charge in [-0.25, -0.2) is 9.98 Å². The Morgan fingerprint density at radius 1 is 0.615 bits per heavy atom. The Hall–Kier alpha value is -2.62. The van der Waals surface area contributed by atoms with Gasteiger partial charge in [-0.15, -0.1) is 0 Å². The van der Waals surface area contributed by atoms with Gasteiger partial charge in [0.1, 0.15) is 18.6 Å². The molecule has 0 aromatic heterocycles. The van der Waals surface area contributed by atoms with Gasteiger partial charge in [0.2, 0.25) is 0 Å². The van der Waals surface area contributed by atoms with E-state index in [9.17, 15) is 0 Å². The standard InChI is InChI=1S/C35H50N2O2/c1-23(2)29-21-38-31(36-29)35(32-37-30(22-39-32)24(3)4,19-25-11-15-27(16-12-25)33(5,6)7)20-26-13-17-28(18-14-26)34(8,9)10/h11-18,23-24,29-30H,19-22H2,1-10H3/t29-,30-/m0/s1. The van der Waals surface area contributed by atoms with Crippen LogP contribution < -0.4 is 0 Å². The molecule has 0 bridgehead atoms. The monoisotopic (exact) mass is 530 g/mol. The molecule has 2 aromatic rings. The Bertz CT molecular complexity index is 1080.